The van der Waals surface area contributed by atoms with Crippen molar-refractivity contribution in [1.29, 1.82) is 5.26 Å². The molecule has 0 aliphatic heterocycles. The summed E-state index contributed by atoms with van der Waals surface area (Å²) in [6.45, 7) is 0. The molecule has 0 amide bonds. The van der Waals surface area contributed by atoms with Gasteiger partial charge in [-0.2, -0.15) is 5.26 Å². The number of aliphatic carboxylic acids is 1. The van der Waals surface area contributed by atoms with Crippen LogP contribution in [0.3, 0.4) is 0 Å². The molecule has 0 fully saturated rings. The number of carboxylic acids is 1. The summed E-state index contributed by atoms with van der Waals surface area (Å²) in [4.78, 5) is 14.1. The van der Waals surface area contributed by atoms with Crippen molar-refractivity contribution in [3.05, 3.63) is 29.6 Å². The summed E-state index contributed by atoms with van der Waals surface area (Å²) in [7, 11) is 0. The third-order valence-electron chi connectivity index (χ3n) is 1.53. The Labute approximate surface area is 74.4 Å². The minimum Gasteiger partial charge on any atom is -0.480 e. The molecule has 13 heavy (non-hydrogen) atoms. The molecule has 1 unspecified atom stereocenters. The fourth-order valence-electron chi connectivity index (χ4n) is 0.798. The Morgan fingerprint density at radius 3 is 2.77 bits per heavy atom. The van der Waals surface area contributed by atoms with Gasteiger partial charge in [0.05, 0.1) is 0 Å². The van der Waals surface area contributed by atoms with Crippen molar-refractivity contribution in [3.8, 4) is 6.07 Å². The van der Waals surface area contributed by atoms with Gasteiger partial charge in [0.15, 0.2) is 0 Å². The van der Waals surface area contributed by atoms with Crippen LogP contribution in [0.25, 0.3) is 0 Å². The minimum atomic E-state index is -1.12. The molecule has 3 N–H and O–H groups in total. The smallest absolute Gasteiger partial charge is 0.325 e. The number of pyridine rings is 1. The van der Waals surface area contributed by atoms with E-state index in [9.17, 15) is 4.79 Å². The molecule has 1 rings (SSSR count). The van der Waals surface area contributed by atoms with Crippen LogP contribution in [0.5, 0.6) is 0 Å². The molecule has 5 heteroatoms. The van der Waals surface area contributed by atoms with Gasteiger partial charge < -0.3 is 10.8 Å². The van der Waals surface area contributed by atoms with Crippen LogP contribution in [0.2, 0.25) is 0 Å². The average Bonchev–Trinajstić information content (AvgIpc) is 2.17. The highest BCUT2D eigenvalue weighted by atomic mass is 16.4. The van der Waals surface area contributed by atoms with Crippen LogP contribution in [0, 0.1) is 11.3 Å². The summed E-state index contributed by atoms with van der Waals surface area (Å²) in [6, 6.07) is 3.65. The van der Waals surface area contributed by atoms with Crippen molar-refractivity contribution in [3.63, 3.8) is 0 Å². The summed E-state index contributed by atoms with van der Waals surface area (Å²) in [5.41, 5.74) is 5.93. The summed E-state index contributed by atoms with van der Waals surface area (Å²) in [5, 5.41) is 17.0. The predicted octanol–water partition coefficient (Wildman–Crippen LogP) is 0.0377. The first-order valence-corrected chi connectivity index (χ1v) is 3.49. The van der Waals surface area contributed by atoms with Crippen molar-refractivity contribution in [2.75, 3.05) is 0 Å². The molecule has 0 aliphatic carbocycles. The van der Waals surface area contributed by atoms with E-state index in [4.69, 9.17) is 16.1 Å². The summed E-state index contributed by atoms with van der Waals surface area (Å²) < 4.78 is 0. The van der Waals surface area contributed by atoms with Gasteiger partial charge in [-0.25, -0.2) is 4.98 Å². The van der Waals surface area contributed by atoms with E-state index in [2.05, 4.69) is 4.98 Å². The zero-order chi connectivity index (χ0) is 9.84. The lowest BCUT2D eigenvalue weighted by Crippen LogP contribution is -2.20. The average molecular weight is 177 g/mol. The van der Waals surface area contributed by atoms with Gasteiger partial charge in [-0.15, -0.1) is 0 Å². The second-order valence-corrected chi connectivity index (χ2v) is 2.40. The first-order chi connectivity index (χ1) is 6.15. The van der Waals surface area contributed by atoms with Crippen LogP contribution in [0.15, 0.2) is 18.3 Å². The summed E-state index contributed by atoms with van der Waals surface area (Å²) in [5.74, 6) is -1.12. The second-order valence-electron chi connectivity index (χ2n) is 2.40. The number of nitrogens with zero attached hydrogens (tertiary/aromatic N) is 2. The largest absolute Gasteiger partial charge is 0.480 e. The Balaban J connectivity index is 2.93. The van der Waals surface area contributed by atoms with E-state index in [1.165, 1.54) is 18.3 Å². The SMILES string of the molecule is N#Cc1ccc(C(N)C(=O)O)cn1. The number of carboxylic acid groups (broad SMARTS) is 1. The zero-order valence-electron chi connectivity index (χ0n) is 6.64. The van der Waals surface area contributed by atoms with Gasteiger partial charge in [-0.1, -0.05) is 6.07 Å². The molecule has 0 saturated carbocycles. The highest BCUT2D eigenvalue weighted by molar-refractivity contribution is 5.75. The Kier molecular flexibility index (Phi) is 2.57. The van der Waals surface area contributed by atoms with E-state index in [1.54, 1.807) is 0 Å². The number of hydrogen-bond donors (Lipinski definition) is 2. The van der Waals surface area contributed by atoms with Gasteiger partial charge in [-0.3, -0.25) is 4.79 Å². The van der Waals surface area contributed by atoms with E-state index in [-0.39, 0.29) is 5.69 Å². The maximum Gasteiger partial charge on any atom is 0.325 e. The van der Waals surface area contributed by atoms with Crippen molar-refractivity contribution in [2.24, 2.45) is 5.73 Å². The third-order valence-corrected chi connectivity index (χ3v) is 1.53. The molecule has 0 radical (unpaired) electrons. The molecule has 0 saturated heterocycles. The maximum absolute atomic E-state index is 10.4. The van der Waals surface area contributed by atoms with E-state index in [0.29, 0.717) is 5.56 Å². The molecule has 0 aliphatic rings. The lowest BCUT2D eigenvalue weighted by atomic mass is 10.1. The molecular formula is C8H7N3O2. The number of nitrogens with two attached hydrogens (primary N) is 1. The van der Waals surface area contributed by atoms with Crippen molar-refractivity contribution in [2.45, 2.75) is 6.04 Å². The van der Waals surface area contributed by atoms with Crippen molar-refractivity contribution < 1.29 is 9.90 Å². The lowest BCUT2D eigenvalue weighted by molar-refractivity contribution is -0.138. The number of hydrogen-bond acceptors (Lipinski definition) is 4. The number of aromatic nitrogens is 1. The van der Waals surface area contributed by atoms with Crippen LogP contribution in [-0.2, 0) is 4.79 Å². The van der Waals surface area contributed by atoms with Crippen LogP contribution >= 0.6 is 0 Å². The van der Waals surface area contributed by atoms with Crippen LogP contribution in [0.4, 0.5) is 0 Å². The molecule has 0 spiro atoms. The molecule has 1 aromatic rings. The standard InChI is InChI=1S/C8H7N3O2/c9-3-6-2-1-5(4-11-6)7(10)8(12)13/h1-2,4,7H,10H2,(H,12,13). The van der Waals surface area contributed by atoms with Crippen LogP contribution < -0.4 is 5.73 Å². The molecule has 1 aromatic heterocycles. The van der Waals surface area contributed by atoms with Crippen molar-refractivity contribution >= 4 is 5.97 Å². The quantitative estimate of drug-likeness (QED) is 0.664. The number of carbonyl (C=O) groups is 1. The molecular weight excluding hydrogens is 170 g/mol. The first kappa shape index (κ1) is 9.16. The molecule has 0 bridgehead atoms. The monoisotopic (exact) mass is 177 g/mol. The number of rotatable bonds is 2. The Morgan fingerprint density at radius 2 is 2.38 bits per heavy atom. The third kappa shape index (κ3) is 2.01. The molecule has 5 nitrogen and oxygen atoms in total. The Morgan fingerprint density at radius 1 is 1.69 bits per heavy atom. The van der Waals surface area contributed by atoms with Crippen LogP contribution in [-0.4, -0.2) is 16.1 Å². The van der Waals surface area contributed by atoms with E-state index in [0.717, 1.165) is 0 Å². The van der Waals surface area contributed by atoms with E-state index >= 15 is 0 Å². The van der Waals surface area contributed by atoms with Crippen LogP contribution in [0.1, 0.15) is 17.3 Å². The predicted molar refractivity (Wildman–Crippen MR) is 43.5 cm³/mol. The Hall–Kier alpha value is -1.93. The van der Waals surface area contributed by atoms with Crippen molar-refractivity contribution in [1.82, 2.24) is 4.98 Å². The van der Waals surface area contributed by atoms with E-state index in [1.807, 2.05) is 6.07 Å². The molecule has 66 valence electrons. The maximum atomic E-state index is 10.4. The summed E-state index contributed by atoms with van der Waals surface area (Å²) >= 11 is 0. The fourth-order valence-corrected chi connectivity index (χ4v) is 0.798. The molecule has 0 aromatic carbocycles. The zero-order valence-corrected chi connectivity index (χ0v) is 6.64. The normalized spacial score (nSPS) is 11.7. The molecule has 1 heterocycles. The second kappa shape index (κ2) is 3.65. The molecule has 1 atom stereocenters. The van der Waals surface area contributed by atoms with Gasteiger partial charge in [-0.05, 0) is 11.6 Å². The van der Waals surface area contributed by atoms with Gasteiger partial charge >= 0.3 is 5.97 Å². The highest BCUT2D eigenvalue weighted by Gasteiger charge is 2.13. The first-order valence-electron chi connectivity index (χ1n) is 3.49. The summed E-state index contributed by atoms with van der Waals surface area (Å²) in [6.07, 6.45) is 1.29. The van der Waals surface area contributed by atoms with Gasteiger partial charge in [0.2, 0.25) is 0 Å². The van der Waals surface area contributed by atoms with Gasteiger partial charge in [0.25, 0.3) is 0 Å². The van der Waals surface area contributed by atoms with Gasteiger partial charge in [0, 0.05) is 6.20 Å². The minimum absolute atomic E-state index is 0.237. The highest BCUT2D eigenvalue weighted by Crippen LogP contribution is 2.08. The lowest BCUT2D eigenvalue weighted by Gasteiger charge is -2.04. The fraction of sp³-hybridized carbons (Fsp3) is 0.125. The van der Waals surface area contributed by atoms with E-state index < -0.39 is 12.0 Å². The van der Waals surface area contributed by atoms with Gasteiger partial charge in [0.1, 0.15) is 17.8 Å². The Bertz CT molecular complexity index is 353. The number of nitriles is 1. The topological polar surface area (TPSA) is 100 Å².